The highest BCUT2D eigenvalue weighted by Crippen LogP contribution is 2.28. The summed E-state index contributed by atoms with van der Waals surface area (Å²) in [6.45, 7) is 1.20. The molecule has 0 heterocycles. The third-order valence-electron chi connectivity index (χ3n) is 4.54. The molecule has 1 atom stereocenters. The molecule has 3 N–H and O–H groups in total. The van der Waals surface area contributed by atoms with Crippen molar-refractivity contribution in [2.75, 3.05) is 13.1 Å². The van der Waals surface area contributed by atoms with Crippen LogP contribution in [0, 0.1) is 11.8 Å². The number of hydrogen-bond donors (Lipinski definition) is 2. The van der Waals surface area contributed by atoms with Gasteiger partial charge in [0.2, 0.25) is 5.91 Å². The van der Waals surface area contributed by atoms with E-state index in [2.05, 4.69) is 17.4 Å². The molecule has 1 aromatic carbocycles. The molecule has 116 valence electrons. The number of nitrogens with two attached hydrogens (primary N) is 1. The van der Waals surface area contributed by atoms with Crippen LogP contribution in [0.3, 0.4) is 0 Å². The Bertz CT molecular complexity index is 412. The molecule has 1 amide bonds. The van der Waals surface area contributed by atoms with E-state index in [4.69, 9.17) is 5.73 Å². The zero-order valence-corrected chi connectivity index (χ0v) is 12.9. The van der Waals surface area contributed by atoms with Gasteiger partial charge in [-0.2, -0.15) is 0 Å². The Kier molecular flexibility index (Phi) is 6.74. The van der Waals surface area contributed by atoms with Gasteiger partial charge in [0, 0.05) is 13.1 Å². The molecule has 1 unspecified atom stereocenters. The minimum Gasteiger partial charge on any atom is -0.356 e. The molecule has 0 spiro atoms. The molecule has 1 saturated carbocycles. The SMILES string of the molecule is NCC(Cc1ccccc1)C(=O)NCCCC1CCCC1. The van der Waals surface area contributed by atoms with Crippen LogP contribution < -0.4 is 11.1 Å². The zero-order valence-electron chi connectivity index (χ0n) is 12.9. The van der Waals surface area contributed by atoms with Crippen LogP contribution in [0.1, 0.15) is 44.1 Å². The van der Waals surface area contributed by atoms with Gasteiger partial charge in [-0.25, -0.2) is 0 Å². The first kappa shape index (κ1) is 16.0. The molecule has 0 bridgehead atoms. The molecular formula is C18H28N2O. The molecule has 2 rings (SSSR count). The van der Waals surface area contributed by atoms with Crippen LogP contribution in [0.2, 0.25) is 0 Å². The number of rotatable bonds is 8. The van der Waals surface area contributed by atoms with Crippen molar-refractivity contribution in [1.29, 1.82) is 0 Å². The van der Waals surface area contributed by atoms with E-state index in [-0.39, 0.29) is 11.8 Å². The van der Waals surface area contributed by atoms with Crippen LogP contribution in [-0.4, -0.2) is 19.0 Å². The topological polar surface area (TPSA) is 55.1 Å². The van der Waals surface area contributed by atoms with Crippen LogP contribution in [0.25, 0.3) is 0 Å². The average Bonchev–Trinajstić information content (AvgIpc) is 3.03. The highest BCUT2D eigenvalue weighted by molar-refractivity contribution is 5.79. The summed E-state index contributed by atoms with van der Waals surface area (Å²) in [4.78, 5) is 12.2. The smallest absolute Gasteiger partial charge is 0.224 e. The lowest BCUT2D eigenvalue weighted by atomic mass is 9.98. The largest absolute Gasteiger partial charge is 0.356 e. The van der Waals surface area contributed by atoms with E-state index < -0.39 is 0 Å². The predicted molar refractivity (Wildman–Crippen MR) is 86.9 cm³/mol. The van der Waals surface area contributed by atoms with E-state index in [9.17, 15) is 4.79 Å². The van der Waals surface area contributed by atoms with Crippen molar-refractivity contribution in [1.82, 2.24) is 5.32 Å². The highest BCUT2D eigenvalue weighted by atomic mass is 16.1. The summed E-state index contributed by atoms with van der Waals surface area (Å²) in [7, 11) is 0. The highest BCUT2D eigenvalue weighted by Gasteiger charge is 2.18. The molecule has 1 aromatic rings. The molecule has 1 fully saturated rings. The van der Waals surface area contributed by atoms with Crippen molar-refractivity contribution in [3.63, 3.8) is 0 Å². The first-order valence-corrected chi connectivity index (χ1v) is 8.31. The fraction of sp³-hybridized carbons (Fsp3) is 0.611. The molecule has 0 aliphatic heterocycles. The third kappa shape index (κ3) is 5.50. The second-order valence-electron chi connectivity index (χ2n) is 6.21. The van der Waals surface area contributed by atoms with Gasteiger partial charge in [0.1, 0.15) is 0 Å². The van der Waals surface area contributed by atoms with Crippen molar-refractivity contribution < 1.29 is 4.79 Å². The van der Waals surface area contributed by atoms with E-state index in [1.54, 1.807) is 0 Å². The fourth-order valence-corrected chi connectivity index (χ4v) is 3.23. The van der Waals surface area contributed by atoms with E-state index in [0.29, 0.717) is 6.54 Å². The van der Waals surface area contributed by atoms with Gasteiger partial charge in [0.05, 0.1) is 5.92 Å². The Hall–Kier alpha value is -1.35. The van der Waals surface area contributed by atoms with Crippen molar-refractivity contribution >= 4 is 5.91 Å². The normalized spacial score (nSPS) is 16.8. The predicted octanol–water partition coefficient (Wildman–Crippen LogP) is 2.89. The monoisotopic (exact) mass is 288 g/mol. The lowest BCUT2D eigenvalue weighted by Crippen LogP contribution is -2.36. The molecule has 3 nitrogen and oxygen atoms in total. The van der Waals surface area contributed by atoms with Gasteiger partial charge < -0.3 is 11.1 Å². The van der Waals surface area contributed by atoms with E-state index in [1.165, 1.54) is 37.7 Å². The van der Waals surface area contributed by atoms with Gasteiger partial charge in [0.15, 0.2) is 0 Å². The summed E-state index contributed by atoms with van der Waals surface area (Å²) in [5.74, 6) is 0.892. The maximum Gasteiger partial charge on any atom is 0.224 e. The van der Waals surface area contributed by atoms with E-state index in [0.717, 1.165) is 25.3 Å². The standard InChI is InChI=1S/C18H28N2O/c19-14-17(13-16-9-2-1-3-10-16)18(21)20-12-6-11-15-7-4-5-8-15/h1-3,9-10,15,17H,4-8,11-14,19H2,(H,20,21). The van der Waals surface area contributed by atoms with Crippen molar-refractivity contribution in [3.8, 4) is 0 Å². The number of carbonyl (C=O) groups excluding carboxylic acids is 1. The van der Waals surface area contributed by atoms with Crippen LogP contribution in [0.5, 0.6) is 0 Å². The molecule has 1 aliphatic rings. The maximum atomic E-state index is 12.2. The summed E-state index contributed by atoms with van der Waals surface area (Å²) >= 11 is 0. The molecule has 0 saturated heterocycles. The molecule has 0 radical (unpaired) electrons. The van der Waals surface area contributed by atoms with Crippen molar-refractivity contribution in [3.05, 3.63) is 35.9 Å². The molecule has 1 aliphatic carbocycles. The van der Waals surface area contributed by atoms with Gasteiger partial charge in [-0.05, 0) is 30.7 Å². The minimum atomic E-state index is -0.112. The van der Waals surface area contributed by atoms with E-state index >= 15 is 0 Å². The van der Waals surface area contributed by atoms with Crippen molar-refractivity contribution in [2.24, 2.45) is 17.6 Å². The fourth-order valence-electron chi connectivity index (χ4n) is 3.23. The van der Waals surface area contributed by atoms with Crippen molar-refractivity contribution in [2.45, 2.75) is 44.9 Å². The lowest BCUT2D eigenvalue weighted by molar-refractivity contribution is -0.124. The first-order valence-electron chi connectivity index (χ1n) is 8.31. The second-order valence-corrected chi connectivity index (χ2v) is 6.21. The minimum absolute atomic E-state index is 0.104. The number of benzene rings is 1. The number of nitrogens with one attached hydrogen (secondary N) is 1. The Morgan fingerprint density at radius 3 is 2.62 bits per heavy atom. The summed E-state index contributed by atoms with van der Waals surface area (Å²) < 4.78 is 0. The van der Waals surface area contributed by atoms with Gasteiger partial charge in [-0.3, -0.25) is 4.79 Å². The second kappa shape index (κ2) is 8.83. The Balaban J connectivity index is 1.67. The zero-order chi connectivity index (χ0) is 14.9. The Labute approximate surface area is 128 Å². The molecule has 21 heavy (non-hydrogen) atoms. The van der Waals surface area contributed by atoms with Gasteiger partial charge in [0.25, 0.3) is 0 Å². The maximum absolute atomic E-state index is 12.2. The third-order valence-corrected chi connectivity index (χ3v) is 4.54. The Morgan fingerprint density at radius 1 is 1.24 bits per heavy atom. The van der Waals surface area contributed by atoms with Gasteiger partial charge in [-0.1, -0.05) is 56.0 Å². The Morgan fingerprint density at radius 2 is 1.95 bits per heavy atom. The van der Waals surface area contributed by atoms with Crippen LogP contribution in [0.4, 0.5) is 0 Å². The van der Waals surface area contributed by atoms with Gasteiger partial charge >= 0.3 is 0 Å². The summed E-state index contributed by atoms with van der Waals surface area (Å²) in [5.41, 5.74) is 6.94. The quantitative estimate of drug-likeness (QED) is 0.723. The molecule has 3 heteroatoms. The summed E-state index contributed by atoms with van der Waals surface area (Å²) in [6.07, 6.45) is 8.63. The van der Waals surface area contributed by atoms with Crippen LogP contribution >= 0.6 is 0 Å². The van der Waals surface area contributed by atoms with Crippen LogP contribution in [-0.2, 0) is 11.2 Å². The summed E-state index contributed by atoms with van der Waals surface area (Å²) in [6, 6.07) is 10.1. The van der Waals surface area contributed by atoms with E-state index in [1.807, 2.05) is 18.2 Å². The number of carbonyl (C=O) groups is 1. The molecular weight excluding hydrogens is 260 g/mol. The summed E-state index contributed by atoms with van der Waals surface area (Å²) in [5, 5.41) is 3.06. The number of amides is 1. The molecule has 0 aromatic heterocycles. The number of hydrogen-bond acceptors (Lipinski definition) is 2. The first-order chi connectivity index (χ1) is 10.3. The van der Waals surface area contributed by atoms with Gasteiger partial charge in [-0.15, -0.1) is 0 Å². The average molecular weight is 288 g/mol. The van der Waals surface area contributed by atoms with Crippen LogP contribution in [0.15, 0.2) is 30.3 Å². The lowest BCUT2D eigenvalue weighted by Gasteiger charge is -2.15.